The summed E-state index contributed by atoms with van der Waals surface area (Å²) in [5.41, 5.74) is 17.0. The molecule has 13 rings (SSSR count). The van der Waals surface area contributed by atoms with Gasteiger partial charge in [-0.05, 0) is 85.0 Å². The third-order valence-corrected chi connectivity index (χ3v) is 14.1. The third kappa shape index (κ3) is 5.14. The van der Waals surface area contributed by atoms with E-state index in [-0.39, 0.29) is 0 Å². The van der Waals surface area contributed by atoms with Gasteiger partial charge in [-0.25, -0.2) is 15.0 Å². The minimum atomic E-state index is -0.545. The van der Waals surface area contributed by atoms with Crippen molar-refractivity contribution in [3.8, 4) is 78.7 Å². The van der Waals surface area contributed by atoms with E-state index >= 15 is 0 Å². The summed E-state index contributed by atoms with van der Waals surface area (Å²) in [5, 5.41) is 2.59. The monoisotopic (exact) mass is 805 g/mol. The molecule has 0 atom stereocenters. The van der Waals surface area contributed by atoms with Crippen LogP contribution in [0.15, 0.2) is 212 Å². The molecule has 0 unspecified atom stereocenters. The number of fused-ring (bicyclic) bond motifs is 13. The van der Waals surface area contributed by atoms with E-state index in [1.54, 1.807) is 0 Å². The van der Waals surface area contributed by atoms with Gasteiger partial charge < -0.3 is 0 Å². The van der Waals surface area contributed by atoms with Gasteiger partial charge in [0, 0.05) is 36.9 Å². The highest BCUT2D eigenvalue weighted by molar-refractivity contribution is 7.25. The van der Waals surface area contributed by atoms with E-state index in [0.29, 0.717) is 17.5 Å². The maximum Gasteiger partial charge on any atom is 0.164 e. The van der Waals surface area contributed by atoms with E-state index in [1.165, 1.54) is 75.8 Å². The second-order valence-corrected chi connectivity index (χ2v) is 17.3. The molecule has 2 aliphatic carbocycles. The Morgan fingerprint density at radius 3 is 1.37 bits per heavy atom. The summed E-state index contributed by atoms with van der Waals surface area (Å²) >= 11 is 1.84. The SMILES string of the molecule is c1ccc(-c2ccc(-c3nc(-c4ccc(-c5ccc6sc7ccccc7c6c5)cc4)nc(-c4cccc5c4C4(c6ccccc6-c6ccccc64)c4ccccc4-5)n3)cc2)cc1. The molecule has 0 fully saturated rings. The molecule has 1 spiro atoms. The first kappa shape index (κ1) is 35.0. The second kappa shape index (κ2) is 13.6. The zero-order valence-corrected chi connectivity index (χ0v) is 34.3. The maximum absolute atomic E-state index is 5.42. The van der Waals surface area contributed by atoms with Crippen LogP contribution in [0.4, 0.5) is 0 Å². The second-order valence-electron chi connectivity index (χ2n) is 16.3. The molecule has 0 amide bonds. The van der Waals surface area contributed by atoms with Crippen LogP contribution < -0.4 is 0 Å². The number of rotatable bonds is 5. The zero-order chi connectivity index (χ0) is 40.8. The lowest BCUT2D eigenvalue weighted by atomic mass is 9.69. The fourth-order valence-corrected chi connectivity index (χ4v) is 11.3. The molecule has 2 aliphatic rings. The lowest BCUT2D eigenvalue weighted by Crippen LogP contribution is -2.26. The van der Waals surface area contributed by atoms with Gasteiger partial charge in [0.05, 0.1) is 5.41 Å². The molecule has 9 aromatic carbocycles. The normalized spacial score (nSPS) is 13.0. The van der Waals surface area contributed by atoms with Crippen LogP contribution in [0.2, 0.25) is 0 Å². The van der Waals surface area contributed by atoms with Crippen LogP contribution in [0.25, 0.3) is 98.8 Å². The molecule has 0 saturated carbocycles. The number of nitrogens with zero attached hydrogens (tertiary/aromatic N) is 3. The minimum Gasteiger partial charge on any atom is -0.208 e. The van der Waals surface area contributed by atoms with Crippen molar-refractivity contribution in [2.75, 3.05) is 0 Å². The van der Waals surface area contributed by atoms with Crippen molar-refractivity contribution < 1.29 is 0 Å². The summed E-state index contributed by atoms with van der Waals surface area (Å²) in [7, 11) is 0. The Balaban J connectivity index is 1.00. The zero-order valence-electron chi connectivity index (χ0n) is 33.5. The van der Waals surface area contributed by atoms with Crippen LogP contribution >= 0.6 is 11.3 Å². The van der Waals surface area contributed by atoms with Crippen molar-refractivity contribution in [3.05, 3.63) is 235 Å². The molecule has 0 radical (unpaired) electrons. The van der Waals surface area contributed by atoms with Crippen molar-refractivity contribution >= 4 is 31.5 Å². The quantitative estimate of drug-likeness (QED) is 0.174. The summed E-state index contributed by atoms with van der Waals surface area (Å²) < 4.78 is 2.61. The van der Waals surface area contributed by atoms with Gasteiger partial charge in [-0.1, -0.05) is 194 Å². The Kier molecular flexibility index (Phi) is 7.69. The fourth-order valence-electron chi connectivity index (χ4n) is 10.3. The minimum absolute atomic E-state index is 0.545. The molecule has 2 aromatic heterocycles. The van der Waals surface area contributed by atoms with E-state index in [2.05, 4.69) is 206 Å². The summed E-state index contributed by atoms with van der Waals surface area (Å²) in [5.74, 6) is 1.93. The predicted octanol–water partition coefficient (Wildman–Crippen LogP) is 14.9. The van der Waals surface area contributed by atoms with Gasteiger partial charge in [0.1, 0.15) is 0 Å². The van der Waals surface area contributed by atoms with Gasteiger partial charge in [-0.2, -0.15) is 0 Å². The molecule has 62 heavy (non-hydrogen) atoms. The van der Waals surface area contributed by atoms with Crippen molar-refractivity contribution in [2.24, 2.45) is 0 Å². The Labute approximate surface area is 363 Å². The van der Waals surface area contributed by atoms with Crippen molar-refractivity contribution in [2.45, 2.75) is 5.41 Å². The van der Waals surface area contributed by atoms with E-state index in [4.69, 9.17) is 15.0 Å². The fraction of sp³-hybridized carbons (Fsp3) is 0.0172. The molecule has 288 valence electrons. The molecule has 0 saturated heterocycles. The Hall–Kier alpha value is -7.79. The van der Waals surface area contributed by atoms with Crippen LogP contribution in [0.3, 0.4) is 0 Å². The molecule has 0 aliphatic heterocycles. The van der Waals surface area contributed by atoms with Crippen molar-refractivity contribution in [1.29, 1.82) is 0 Å². The number of hydrogen-bond acceptors (Lipinski definition) is 4. The molecule has 0 N–H and O–H groups in total. The van der Waals surface area contributed by atoms with Crippen LogP contribution in [-0.2, 0) is 5.41 Å². The standard InChI is InChI=1S/C58H35N3S/c1-2-13-36(14-3-1)37-25-29-39(30-26-37)55-59-56(40-31-27-38(28-32-40)41-33-34-53-48(35-41)45-18-7-11-24-52(45)62-53)61-57(60-55)47-20-12-19-46-44-17-6-10-23-51(44)58(54(46)47)49-21-8-4-15-42(49)43-16-5-9-22-50(43)58/h1-35H. The van der Waals surface area contributed by atoms with Gasteiger partial charge in [-0.3, -0.25) is 0 Å². The molecular weight excluding hydrogens is 771 g/mol. The topological polar surface area (TPSA) is 38.7 Å². The van der Waals surface area contributed by atoms with Gasteiger partial charge in [-0.15, -0.1) is 11.3 Å². The lowest BCUT2D eigenvalue weighted by Gasteiger charge is -2.31. The number of hydrogen-bond donors (Lipinski definition) is 0. The average molecular weight is 806 g/mol. The first-order chi connectivity index (χ1) is 30.7. The Morgan fingerprint density at radius 1 is 0.290 bits per heavy atom. The smallest absolute Gasteiger partial charge is 0.164 e. The maximum atomic E-state index is 5.42. The van der Waals surface area contributed by atoms with Gasteiger partial charge in [0.2, 0.25) is 0 Å². The molecule has 2 heterocycles. The summed E-state index contributed by atoms with van der Waals surface area (Å²) in [6, 6.07) is 76.7. The lowest BCUT2D eigenvalue weighted by molar-refractivity contribution is 0.794. The van der Waals surface area contributed by atoms with Crippen molar-refractivity contribution in [3.63, 3.8) is 0 Å². The largest absolute Gasteiger partial charge is 0.208 e. The number of thiophene rings is 1. The van der Waals surface area contributed by atoms with Crippen LogP contribution in [0, 0.1) is 0 Å². The summed E-state index contributed by atoms with van der Waals surface area (Å²) in [6.45, 7) is 0. The van der Waals surface area contributed by atoms with Crippen LogP contribution in [0.1, 0.15) is 22.3 Å². The first-order valence-electron chi connectivity index (χ1n) is 21.1. The van der Waals surface area contributed by atoms with Gasteiger partial charge >= 0.3 is 0 Å². The van der Waals surface area contributed by atoms with E-state index in [1.807, 2.05) is 17.4 Å². The third-order valence-electron chi connectivity index (χ3n) is 13.0. The van der Waals surface area contributed by atoms with Crippen molar-refractivity contribution in [1.82, 2.24) is 15.0 Å². The molecular formula is C58H35N3S. The van der Waals surface area contributed by atoms with E-state index in [9.17, 15) is 0 Å². The molecule has 4 heteroatoms. The predicted molar refractivity (Wildman–Crippen MR) is 256 cm³/mol. The average Bonchev–Trinajstić information content (AvgIpc) is 3.98. The van der Waals surface area contributed by atoms with Gasteiger partial charge in [0.25, 0.3) is 0 Å². The highest BCUT2D eigenvalue weighted by Crippen LogP contribution is 2.64. The van der Waals surface area contributed by atoms with Crippen LogP contribution in [-0.4, -0.2) is 15.0 Å². The molecule has 11 aromatic rings. The Bertz CT molecular complexity index is 3500. The number of aromatic nitrogens is 3. The molecule has 0 bridgehead atoms. The Morgan fingerprint density at radius 2 is 0.726 bits per heavy atom. The van der Waals surface area contributed by atoms with Gasteiger partial charge in [0.15, 0.2) is 17.5 Å². The molecule has 3 nitrogen and oxygen atoms in total. The summed E-state index contributed by atoms with van der Waals surface area (Å²) in [6.07, 6.45) is 0. The highest BCUT2D eigenvalue weighted by Gasteiger charge is 2.52. The summed E-state index contributed by atoms with van der Waals surface area (Å²) in [4.78, 5) is 16.1. The van der Waals surface area contributed by atoms with Crippen LogP contribution in [0.5, 0.6) is 0 Å². The van der Waals surface area contributed by atoms with E-state index < -0.39 is 5.41 Å². The highest BCUT2D eigenvalue weighted by atomic mass is 32.1. The number of benzene rings is 9. The first-order valence-corrected chi connectivity index (χ1v) is 21.9. The van der Waals surface area contributed by atoms with E-state index in [0.717, 1.165) is 27.8 Å².